The Kier molecular flexibility index (Phi) is 6.51. The molecular formula is C23H24N2O5. The summed E-state index contributed by atoms with van der Waals surface area (Å²) in [5.74, 6) is -1.94. The Morgan fingerprint density at radius 1 is 1.07 bits per heavy atom. The molecule has 0 saturated heterocycles. The van der Waals surface area contributed by atoms with Crippen LogP contribution in [-0.2, 0) is 30.4 Å². The highest BCUT2D eigenvalue weighted by atomic mass is 16.5. The predicted molar refractivity (Wildman–Crippen MR) is 111 cm³/mol. The molecule has 0 bridgehead atoms. The maximum Gasteiger partial charge on any atom is 0.338 e. The maximum absolute atomic E-state index is 13.4. The number of rotatable bonds is 7. The van der Waals surface area contributed by atoms with E-state index in [1.807, 2.05) is 49.4 Å². The summed E-state index contributed by atoms with van der Waals surface area (Å²) < 4.78 is 10.1. The zero-order chi connectivity index (χ0) is 21.7. The number of aryl methyl sites for hydroxylation is 1. The van der Waals surface area contributed by atoms with Crippen LogP contribution in [0.15, 0.2) is 65.9 Å². The highest BCUT2D eigenvalue weighted by Crippen LogP contribution is 2.32. The minimum absolute atomic E-state index is 0.0318. The molecule has 7 nitrogen and oxygen atoms in total. The molecule has 1 aliphatic rings. The third kappa shape index (κ3) is 4.20. The summed E-state index contributed by atoms with van der Waals surface area (Å²) in [6.45, 7) is 4.01. The topological polar surface area (TPSA) is 84.9 Å². The number of carbonyl (C=O) groups is 3. The van der Waals surface area contributed by atoms with E-state index in [4.69, 9.17) is 9.47 Å². The fourth-order valence-corrected chi connectivity index (χ4v) is 3.32. The Morgan fingerprint density at radius 2 is 1.73 bits per heavy atom. The predicted octanol–water partition coefficient (Wildman–Crippen LogP) is 2.49. The first-order chi connectivity index (χ1) is 14.5. The molecule has 1 aliphatic heterocycles. The van der Waals surface area contributed by atoms with E-state index in [1.54, 1.807) is 19.1 Å². The molecule has 1 heterocycles. The van der Waals surface area contributed by atoms with Crippen LogP contribution in [0.4, 0.5) is 5.69 Å². The number of ether oxygens (including phenoxy) is 2. The second kappa shape index (κ2) is 9.26. The fraction of sp³-hybridized carbons (Fsp3) is 0.261. The summed E-state index contributed by atoms with van der Waals surface area (Å²) in [6, 6.07) is 15.3. The Hall–Kier alpha value is -3.61. The van der Waals surface area contributed by atoms with Crippen LogP contribution in [0.1, 0.15) is 18.1 Å². The fourth-order valence-electron chi connectivity index (χ4n) is 3.32. The van der Waals surface area contributed by atoms with Crippen LogP contribution >= 0.6 is 0 Å². The van der Waals surface area contributed by atoms with Crippen molar-refractivity contribution in [2.45, 2.75) is 26.4 Å². The minimum Gasteiger partial charge on any atom is -0.466 e. The number of carbonyl (C=O) groups excluding carboxylic acids is 3. The highest BCUT2D eigenvalue weighted by molar-refractivity contribution is 6.20. The maximum atomic E-state index is 13.4. The van der Waals surface area contributed by atoms with Crippen LogP contribution in [0, 0.1) is 6.92 Å². The summed E-state index contributed by atoms with van der Waals surface area (Å²) in [4.78, 5) is 40.1. The van der Waals surface area contributed by atoms with E-state index in [0.717, 1.165) is 11.1 Å². The van der Waals surface area contributed by atoms with Gasteiger partial charge in [-0.1, -0.05) is 48.0 Å². The number of nitrogens with one attached hydrogen (secondary N) is 1. The van der Waals surface area contributed by atoms with Crippen molar-refractivity contribution in [2.75, 3.05) is 18.6 Å². The van der Waals surface area contributed by atoms with E-state index in [0.29, 0.717) is 12.2 Å². The summed E-state index contributed by atoms with van der Waals surface area (Å²) in [5, 5.41) is 3.03. The molecule has 7 heteroatoms. The number of amides is 1. The third-order valence-electron chi connectivity index (χ3n) is 4.77. The average Bonchev–Trinajstić information content (AvgIpc) is 3.05. The lowest BCUT2D eigenvalue weighted by molar-refractivity contribution is -0.146. The highest BCUT2D eigenvalue weighted by Gasteiger charge is 2.48. The molecule has 0 saturated carbocycles. The van der Waals surface area contributed by atoms with Gasteiger partial charge in [0.2, 0.25) is 0 Å². The van der Waals surface area contributed by atoms with Gasteiger partial charge in [-0.05, 0) is 31.5 Å². The van der Waals surface area contributed by atoms with Crippen molar-refractivity contribution in [3.63, 3.8) is 0 Å². The molecule has 0 spiro atoms. The van der Waals surface area contributed by atoms with E-state index in [-0.39, 0.29) is 17.9 Å². The van der Waals surface area contributed by atoms with Crippen molar-refractivity contribution in [1.29, 1.82) is 0 Å². The zero-order valence-electron chi connectivity index (χ0n) is 17.2. The molecule has 0 aromatic heterocycles. The summed E-state index contributed by atoms with van der Waals surface area (Å²) in [5.41, 5.74) is 2.38. The number of benzene rings is 2. The number of hydrogen-bond donors (Lipinski definition) is 1. The number of methoxy groups -OCH3 is 1. The molecule has 1 amide bonds. The van der Waals surface area contributed by atoms with E-state index in [9.17, 15) is 14.4 Å². The van der Waals surface area contributed by atoms with Gasteiger partial charge in [-0.3, -0.25) is 9.69 Å². The molecule has 1 unspecified atom stereocenters. The second-order valence-electron chi connectivity index (χ2n) is 6.78. The molecule has 0 aliphatic carbocycles. The van der Waals surface area contributed by atoms with Crippen molar-refractivity contribution >= 4 is 23.5 Å². The van der Waals surface area contributed by atoms with Gasteiger partial charge in [0.1, 0.15) is 11.3 Å². The van der Waals surface area contributed by atoms with Gasteiger partial charge in [0.25, 0.3) is 5.91 Å². The van der Waals surface area contributed by atoms with Gasteiger partial charge in [-0.15, -0.1) is 0 Å². The van der Waals surface area contributed by atoms with Crippen LogP contribution in [0.5, 0.6) is 0 Å². The lowest BCUT2D eigenvalue weighted by atomic mass is 10.1. The molecular weight excluding hydrogens is 384 g/mol. The molecule has 0 fully saturated rings. The van der Waals surface area contributed by atoms with Gasteiger partial charge in [0, 0.05) is 12.2 Å². The first-order valence-corrected chi connectivity index (χ1v) is 9.65. The van der Waals surface area contributed by atoms with Crippen molar-refractivity contribution in [2.24, 2.45) is 0 Å². The quantitative estimate of drug-likeness (QED) is 0.709. The Labute approximate surface area is 175 Å². The standard InChI is InChI=1S/C23H24N2O5/c1-4-30-23(28)20-18(22(27)29-3)19(24-14-16-8-6-5-7-9-16)21(26)25(20)17-12-10-15(2)11-13-17/h5-13,20,24H,4,14H2,1-3H3. The van der Waals surface area contributed by atoms with Crippen LogP contribution in [0.25, 0.3) is 0 Å². The molecule has 1 atom stereocenters. The van der Waals surface area contributed by atoms with Gasteiger partial charge in [0.15, 0.2) is 6.04 Å². The first kappa shape index (κ1) is 21.1. The van der Waals surface area contributed by atoms with Gasteiger partial charge in [0.05, 0.1) is 13.7 Å². The normalized spacial score (nSPS) is 15.9. The summed E-state index contributed by atoms with van der Waals surface area (Å²) in [7, 11) is 1.21. The van der Waals surface area contributed by atoms with E-state index >= 15 is 0 Å². The summed E-state index contributed by atoms with van der Waals surface area (Å²) >= 11 is 0. The van der Waals surface area contributed by atoms with Gasteiger partial charge in [-0.2, -0.15) is 0 Å². The van der Waals surface area contributed by atoms with E-state index < -0.39 is 23.9 Å². The lowest BCUT2D eigenvalue weighted by Crippen LogP contribution is -2.43. The number of esters is 2. The molecule has 156 valence electrons. The van der Waals surface area contributed by atoms with Crippen LogP contribution in [0.3, 0.4) is 0 Å². The Balaban J connectivity index is 2.05. The molecule has 2 aromatic carbocycles. The van der Waals surface area contributed by atoms with Crippen molar-refractivity contribution in [3.05, 3.63) is 77.0 Å². The average molecular weight is 408 g/mol. The van der Waals surface area contributed by atoms with E-state index in [1.165, 1.54) is 12.0 Å². The summed E-state index contributed by atoms with van der Waals surface area (Å²) in [6.07, 6.45) is 0. The SMILES string of the molecule is CCOC(=O)C1C(C(=O)OC)=C(NCc2ccccc2)C(=O)N1c1ccc(C)cc1. The molecule has 2 aromatic rings. The van der Waals surface area contributed by atoms with E-state index in [2.05, 4.69) is 5.32 Å². The Morgan fingerprint density at radius 3 is 2.33 bits per heavy atom. The lowest BCUT2D eigenvalue weighted by Gasteiger charge is -2.24. The third-order valence-corrected chi connectivity index (χ3v) is 4.77. The Bertz CT molecular complexity index is 967. The largest absolute Gasteiger partial charge is 0.466 e. The second-order valence-corrected chi connectivity index (χ2v) is 6.78. The minimum atomic E-state index is -1.23. The van der Waals surface area contributed by atoms with Crippen molar-refractivity contribution in [1.82, 2.24) is 5.32 Å². The molecule has 3 rings (SSSR count). The number of hydrogen-bond acceptors (Lipinski definition) is 6. The van der Waals surface area contributed by atoms with Gasteiger partial charge < -0.3 is 14.8 Å². The molecule has 1 N–H and O–H groups in total. The van der Waals surface area contributed by atoms with Crippen LogP contribution in [-0.4, -0.2) is 37.6 Å². The molecule has 30 heavy (non-hydrogen) atoms. The zero-order valence-corrected chi connectivity index (χ0v) is 17.2. The first-order valence-electron chi connectivity index (χ1n) is 9.65. The number of anilines is 1. The van der Waals surface area contributed by atoms with Crippen molar-refractivity contribution < 1.29 is 23.9 Å². The number of nitrogens with zero attached hydrogens (tertiary/aromatic N) is 1. The van der Waals surface area contributed by atoms with Gasteiger partial charge in [-0.25, -0.2) is 9.59 Å². The van der Waals surface area contributed by atoms with Crippen LogP contribution < -0.4 is 10.2 Å². The van der Waals surface area contributed by atoms with Crippen molar-refractivity contribution in [3.8, 4) is 0 Å². The monoisotopic (exact) mass is 408 g/mol. The molecule has 0 radical (unpaired) electrons. The van der Waals surface area contributed by atoms with Crippen LogP contribution in [0.2, 0.25) is 0 Å². The smallest absolute Gasteiger partial charge is 0.338 e. The van der Waals surface area contributed by atoms with Gasteiger partial charge >= 0.3 is 11.9 Å².